The maximum atomic E-state index is 12.5. The lowest BCUT2D eigenvalue weighted by Crippen LogP contribution is -2.28. The minimum Gasteiger partial charge on any atom is -0.475 e. The van der Waals surface area contributed by atoms with Crippen molar-refractivity contribution in [3.63, 3.8) is 0 Å². The molecule has 1 amide bonds. The van der Waals surface area contributed by atoms with Gasteiger partial charge in [-0.1, -0.05) is 6.07 Å². The van der Waals surface area contributed by atoms with Crippen LogP contribution < -0.4 is 0 Å². The van der Waals surface area contributed by atoms with Crippen molar-refractivity contribution in [2.75, 3.05) is 13.1 Å². The lowest BCUT2D eigenvalue weighted by Gasteiger charge is -2.14. The molecular formula is C22H18F3N5O4. The van der Waals surface area contributed by atoms with Gasteiger partial charge in [0.2, 0.25) is 0 Å². The average molecular weight is 473 g/mol. The summed E-state index contributed by atoms with van der Waals surface area (Å²) >= 11 is 0. The number of fused-ring (bicyclic) bond motifs is 1. The highest BCUT2D eigenvalue weighted by Crippen LogP contribution is 2.27. The molecule has 0 radical (unpaired) electrons. The molecule has 0 bridgehead atoms. The molecule has 0 aromatic carbocycles. The van der Waals surface area contributed by atoms with Gasteiger partial charge in [-0.2, -0.15) is 18.3 Å². The molecule has 4 aromatic rings. The van der Waals surface area contributed by atoms with Crippen molar-refractivity contribution in [2.45, 2.75) is 18.5 Å². The fraction of sp³-hybridized carbons (Fsp3) is 0.227. The van der Waals surface area contributed by atoms with E-state index in [-0.39, 0.29) is 11.8 Å². The molecule has 1 aliphatic rings. The Morgan fingerprint density at radius 1 is 1.15 bits per heavy atom. The van der Waals surface area contributed by atoms with Gasteiger partial charge in [-0.3, -0.25) is 9.78 Å². The number of nitrogens with zero attached hydrogens (tertiary/aromatic N) is 5. The van der Waals surface area contributed by atoms with Crippen molar-refractivity contribution < 1.29 is 32.3 Å². The van der Waals surface area contributed by atoms with E-state index in [0.29, 0.717) is 18.7 Å². The van der Waals surface area contributed by atoms with E-state index < -0.39 is 12.1 Å². The predicted octanol–water partition coefficient (Wildman–Crippen LogP) is 3.65. The number of likely N-dealkylation sites (tertiary alicyclic amines) is 1. The molecule has 5 rings (SSSR count). The summed E-state index contributed by atoms with van der Waals surface area (Å²) in [5.74, 6) is -1.84. The van der Waals surface area contributed by atoms with Gasteiger partial charge in [-0.05, 0) is 30.7 Å². The third kappa shape index (κ3) is 5.05. The number of hydrogen-bond acceptors (Lipinski definition) is 6. The van der Waals surface area contributed by atoms with Crippen LogP contribution in [-0.2, 0) is 4.79 Å². The van der Waals surface area contributed by atoms with Crippen molar-refractivity contribution in [1.29, 1.82) is 0 Å². The number of rotatable bonds is 3. The number of carboxylic acid groups (broad SMARTS) is 1. The van der Waals surface area contributed by atoms with Crippen LogP contribution >= 0.6 is 0 Å². The summed E-state index contributed by atoms with van der Waals surface area (Å²) in [6.07, 6.45) is 4.33. The number of furan rings is 1. The van der Waals surface area contributed by atoms with Crippen LogP contribution in [-0.4, -0.2) is 60.7 Å². The molecule has 1 N–H and O–H groups in total. The second-order valence-electron chi connectivity index (χ2n) is 7.48. The molecule has 12 heteroatoms. The van der Waals surface area contributed by atoms with E-state index in [1.807, 2.05) is 41.6 Å². The Kier molecular flexibility index (Phi) is 6.30. The first kappa shape index (κ1) is 23.0. The van der Waals surface area contributed by atoms with Crippen LogP contribution in [0.15, 0.2) is 65.9 Å². The highest BCUT2D eigenvalue weighted by atomic mass is 19.4. The Balaban J connectivity index is 0.000000344. The summed E-state index contributed by atoms with van der Waals surface area (Å²) in [5, 5.41) is 11.8. The first-order chi connectivity index (χ1) is 16.2. The molecule has 34 heavy (non-hydrogen) atoms. The van der Waals surface area contributed by atoms with Crippen LogP contribution in [0.2, 0.25) is 0 Å². The minimum atomic E-state index is -5.08. The third-order valence-electron chi connectivity index (χ3n) is 5.19. The van der Waals surface area contributed by atoms with Crippen LogP contribution in [0.1, 0.15) is 28.5 Å². The number of alkyl halides is 3. The molecule has 9 nitrogen and oxygen atoms in total. The molecule has 0 spiro atoms. The van der Waals surface area contributed by atoms with Gasteiger partial charge in [0.1, 0.15) is 6.26 Å². The van der Waals surface area contributed by atoms with Crippen LogP contribution in [0.4, 0.5) is 13.2 Å². The quantitative estimate of drug-likeness (QED) is 0.483. The topological polar surface area (TPSA) is 114 Å². The van der Waals surface area contributed by atoms with Gasteiger partial charge in [0, 0.05) is 48.7 Å². The van der Waals surface area contributed by atoms with Crippen molar-refractivity contribution in [1.82, 2.24) is 24.5 Å². The molecule has 1 fully saturated rings. The molecule has 1 aliphatic heterocycles. The van der Waals surface area contributed by atoms with E-state index in [1.54, 1.807) is 16.8 Å². The summed E-state index contributed by atoms with van der Waals surface area (Å²) in [5.41, 5.74) is 3.46. The molecule has 1 unspecified atom stereocenters. The highest BCUT2D eigenvalue weighted by Gasteiger charge is 2.38. The van der Waals surface area contributed by atoms with E-state index in [0.717, 1.165) is 29.0 Å². The number of carboxylic acids is 1. The molecule has 4 aromatic heterocycles. The fourth-order valence-electron chi connectivity index (χ4n) is 3.50. The lowest BCUT2D eigenvalue weighted by atomic mass is 10.1. The maximum absolute atomic E-state index is 12.5. The number of hydrogen-bond donors (Lipinski definition) is 1. The smallest absolute Gasteiger partial charge is 0.475 e. The molecule has 5 heterocycles. The summed E-state index contributed by atoms with van der Waals surface area (Å²) in [6, 6.07) is 9.61. The van der Waals surface area contributed by atoms with Gasteiger partial charge >= 0.3 is 12.1 Å². The monoisotopic (exact) mass is 473 g/mol. The normalized spacial score (nSPS) is 15.7. The SMILES string of the molecule is O=C(O)C(F)(F)F.O=C(c1ccoc1)N1CCC(c2nc3ccc(-c4cccnc4)cn3n2)C1. The number of carbonyl (C=O) groups is 2. The fourth-order valence-corrected chi connectivity index (χ4v) is 3.50. The van der Waals surface area contributed by atoms with Crippen LogP contribution in [0, 0.1) is 0 Å². The number of aromatic nitrogens is 4. The third-order valence-corrected chi connectivity index (χ3v) is 5.19. The first-order valence-corrected chi connectivity index (χ1v) is 10.1. The number of aliphatic carboxylic acids is 1. The van der Waals surface area contributed by atoms with Gasteiger partial charge in [0.05, 0.1) is 11.8 Å². The van der Waals surface area contributed by atoms with Crippen molar-refractivity contribution in [2.24, 2.45) is 0 Å². The Morgan fingerprint density at radius 2 is 1.94 bits per heavy atom. The zero-order valence-corrected chi connectivity index (χ0v) is 17.5. The molecule has 1 atom stereocenters. The summed E-state index contributed by atoms with van der Waals surface area (Å²) in [7, 11) is 0. The Hall–Kier alpha value is -4.22. The molecular weight excluding hydrogens is 455 g/mol. The van der Waals surface area contributed by atoms with Crippen LogP contribution in [0.5, 0.6) is 0 Å². The van der Waals surface area contributed by atoms with E-state index in [4.69, 9.17) is 14.3 Å². The lowest BCUT2D eigenvalue weighted by molar-refractivity contribution is -0.192. The van der Waals surface area contributed by atoms with Gasteiger partial charge in [-0.25, -0.2) is 14.3 Å². The van der Waals surface area contributed by atoms with Gasteiger partial charge in [0.25, 0.3) is 5.91 Å². The summed E-state index contributed by atoms with van der Waals surface area (Å²) < 4.78 is 38.6. The van der Waals surface area contributed by atoms with E-state index >= 15 is 0 Å². The molecule has 0 saturated carbocycles. The molecule has 1 saturated heterocycles. The minimum absolute atomic E-state index is 0.00567. The van der Waals surface area contributed by atoms with E-state index in [2.05, 4.69) is 15.1 Å². The van der Waals surface area contributed by atoms with Crippen molar-refractivity contribution in [3.8, 4) is 11.1 Å². The Bertz CT molecular complexity index is 1290. The Labute approximate surface area is 190 Å². The molecule has 176 valence electrons. The number of pyridine rings is 2. The van der Waals surface area contributed by atoms with E-state index in [9.17, 15) is 18.0 Å². The van der Waals surface area contributed by atoms with Crippen LogP contribution in [0.25, 0.3) is 16.8 Å². The number of amides is 1. The highest BCUT2D eigenvalue weighted by molar-refractivity contribution is 5.94. The van der Waals surface area contributed by atoms with Crippen LogP contribution in [0.3, 0.4) is 0 Å². The maximum Gasteiger partial charge on any atom is 0.490 e. The first-order valence-electron chi connectivity index (χ1n) is 10.1. The number of carbonyl (C=O) groups excluding carboxylic acids is 1. The van der Waals surface area contributed by atoms with Crippen molar-refractivity contribution in [3.05, 3.63) is 72.8 Å². The van der Waals surface area contributed by atoms with Gasteiger partial charge < -0.3 is 14.4 Å². The van der Waals surface area contributed by atoms with Gasteiger partial charge in [0.15, 0.2) is 11.5 Å². The zero-order valence-electron chi connectivity index (χ0n) is 17.5. The summed E-state index contributed by atoms with van der Waals surface area (Å²) in [6.45, 7) is 1.32. The number of halogens is 3. The van der Waals surface area contributed by atoms with Gasteiger partial charge in [-0.15, -0.1) is 0 Å². The second kappa shape index (κ2) is 9.33. The summed E-state index contributed by atoms with van der Waals surface area (Å²) in [4.78, 5) is 32.0. The average Bonchev–Trinajstić information content (AvgIpc) is 3.59. The standard InChI is InChI=1S/C20H17N5O2.C2HF3O2/c26-20(17-6-9-27-13-17)24-8-5-16(11-24)19-22-18-4-3-15(12-25(18)23-19)14-2-1-7-21-10-14;3-2(4,5)1(6)7/h1-4,6-7,9-10,12-13,16H,5,8,11H2;(H,6,7). The van der Waals surface area contributed by atoms with E-state index in [1.165, 1.54) is 12.5 Å². The Morgan fingerprint density at radius 3 is 2.59 bits per heavy atom. The molecule has 0 aliphatic carbocycles. The second-order valence-corrected chi connectivity index (χ2v) is 7.48. The van der Waals surface area contributed by atoms with Crippen molar-refractivity contribution >= 4 is 17.5 Å². The predicted molar refractivity (Wildman–Crippen MR) is 112 cm³/mol. The largest absolute Gasteiger partial charge is 0.490 e. The zero-order chi connectivity index (χ0) is 24.3.